The van der Waals surface area contributed by atoms with Crippen molar-refractivity contribution in [1.82, 2.24) is 0 Å². The van der Waals surface area contributed by atoms with Crippen molar-refractivity contribution >= 4 is 0 Å². The van der Waals surface area contributed by atoms with Gasteiger partial charge in [-0.3, -0.25) is 0 Å². The second kappa shape index (κ2) is 18.6. The molecule has 4 nitrogen and oxygen atoms in total. The summed E-state index contributed by atoms with van der Waals surface area (Å²) in [6.45, 7) is -6.89. The van der Waals surface area contributed by atoms with Crippen molar-refractivity contribution in [3.8, 4) is 0 Å². The van der Waals surface area contributed by atoms with Crippen LogP contribution in [0.5, 0.6) is 0 Å². The summed E-state index contributed by atoms with van der Waals surface area (Å²) in [5, 5.41) is 19.0. The second-order valence-electron chi connectivity index (χ2n) is 14.3. The summed E-state index contributed by atoms with van der Waals surface area (Å²) in [7, 11) is 0. The van der Waals surface area contributed by atoms with Crippen LogP contribution in [0.2, 0.25) is 0 Å². The summed E-state index contributed by atoms with van der Waals surface area (Å²) in [4.78, 5) is 0. The summed E-state index contributed by atoms with van der Waals surface area (Å²) in [6.07, 6.45) is -62.9. The fourth-order valence-electron chi connectivity index (χ4n) is 5.42. The highest BCUT2D eigenvalue weighted by molar-refractivity contribution is 5.35. The van der Waals surface area contributed by atoms with Crippen LogP contribution in [0.25, 0.3) is 0 Å². The molecular weight excluding hydrogens is 1150 g/mol. The van der Waals surface area contributed by atoms with Gasteiger partial charge in [0, 0.05) is 24.0 Å². The van der Waals surface area contributed by atoms with Gasteiger partial charge in [0.05, 0.1) is 25.4 Å². The molecule has 1 aromatic rings. The van der Waals surface area contributed by atoms with Crippen LogP contribution in [0.3, 0.4) is 0 Å². The van der Waals surface area contributed by atoms with E-state index in [1.165, 1.54) is 0 Å². The first kappa shape index (κ1) is 66.4. The molecule has 72 heavy (non-hydrogen) atoms. The normalized spacial score (nSPS) is 17.1. The van der Waals surface area contributed by atoms with Crippen LogP contribution >= 0.6 is 0 Å². The number of aliphatic hydroxyl groups excluding tert-OH is 2. The highest BCUT2D eigenvalue weighted by atomic mass is 19.5. The molecule has 0 bridgehead atoms. The first-order chi connectivity index (χ1) is 30.9. The minimum Gasteiger partial charge on any atom is -0.390 e. The summed E-state index contributed by atoms with van der Waals surface area (Å²) in [5.74, 6) is -83.0. The van der Waals surface area contributed by atoms with E-state index in [0.29, 0.717) is 0 Å². The minimum absolute atomic E-state index is 1.30. The fraction of sp³-hybridized carbons (Fsp3) is 0.800. The predicted octanol–water partition coefficient (Wildman–Crippen LogP) is 13.3. The largest absolute Gasteiger partial charge is 0.460 e. The Labute approximate surface area is 368 Å². The topological polar surface area (TPSA) is 58.9 Å². The first-order valence-corrected chi connectivity index (χ1v) is 16.8. The number of rotatable bonds is 20. The van der Waals surface area contributed by atoms with Gasteiger partial charge in [0.15, 0.2) is 0 Å². The lowest BCUT2D eigenvalue weighted by Gasteiger charge is -2.41. The second-order valence-corrected chi connectivity index (χ2v) is 14.3. The molecule has 0 aromatic heterocycles. The molecular formula is C30H16F38O4. The number of alkyl halides is 38. The van der Waals surface area contributed by atoms with Gasteiger partial charge in [-0.05, 0) is 0 Å². The van der Waals surface area contributed by atoms with E-state index in [-0.39, 0.29) is 0 Å². The molecule has 0 aliphatic rings. The Morgan fingerprint density at radius 3 is 0.625 bits per heavy atom. The maximum atomic E-state index is 14.2. The molecule has 0 saturated carbocycles. The standard InChI is InChI=1S/C30H16F38O4/c31-13(32,17(35,36)19(39,40)21(43,44)23(47,48)29(63,64)65)5-11(69)7-71-15(25(51,52)53,26(54,55)56)9-1-2-10(4-3-9)16(27(57,58)59,28(60,61)62)72-8-12(70)6-14(33,34)18(37,38)20(41,42)22(45,46)24(49,50)30(66,67)68/h1-4,11-12,69-70H,5-8H2. The van der Waals surface area contributed by atoms with Gasteiger partial charge in [0.25, 0.3) is 11.2 Å². The fourth-order valence-corrected chi connectivity index (χ4v) is 5.42. The quantitative estimate of drug-likeness (QED) is 0.128. The number of hydrogen-bond donors (Lipinski definition) is 2. The van der Waals surface area contributed by atoms with E-state index in [0.717, 1.165) is 0 Å². The molecule has 0 aliphatic heterocycles. The highest BCUT2D eigenvalue weighted by Gasteiger charge is 2.92. The Bertz CT molecular complexity index is 1810. The summed E-state index contributed by atoms with van der Waals surface area (Å²) in [6, 6.07) is -5.19. The number of halogens is 38. The minimum atomic E-state index is -8.67. The monoisotopic (exact) mass is 1160 g/mol. The zero-order valence-corrected chi connectivity index (χ0v) is 32.4. The van der Waals surface area contributed by atoms with E-state index in [1.807, 2.05) is 0 Å². The highest BCUT2D eigenvalue weighted by Crippen LogP contribution is 2.63. The summed E-state index contributed by atoms with van der Waals surface area (Å²) < 4.78 is 524. The van der Waals surface area contributed by atoms with Crippen molar-refractivity contribution in [3.05, 3.63) is 35.4 Å². The molecule has 0 saturated heterocycles. The van der Waals surface area contributed by atoms with Crippen molar-refractivity contribution in [1.29, 1.82) is 0 Å². The van der Waals surface area contributed by atoms with Crippen LogP contribution in [-0.2, 0) is 20.7 Å². The van der Waals surface area contributed by atoms with Gasteiger partial charge in [-0.25, -0.2) is 0 Å². The van der Waals surface area contributed by atoms with E-state index >= 15 is 0 Å². The molecule has 1 aromatic carbocycles. The summed E-state index contributed by atoms with van der Waals surface area (Å²) in [5.41, 5.74) is -19.4. The first-order valence-electron chi connectivity index (χ1n) is 16.8. The Kier molecular flexibility index (Phi) is 17.2. The molecule has 0 radical (unpaired) electrons. The van der Waals surface area contributed by atoms with Gasteiger partial charge in [0.2, 0.25) is 0 Å². The molecule has 0 aliphatic carbocycles. The third kappa shape index (κ3) is 10.3. The molecule has 1 rings (SSSR count). The molecule has 0 amide bonds. The van der Waals surface area contributed by atoms with Gasteiger partial charge >= 0.3 is 96.3 Å². The molecule has 0 spiro atoms. The third-order valence-corrected chi connectivity index (χ3v) is 9.26. The predicted molar refractivity (Wildman–Crippen MR) is 149 cm³/mol. The lowest BCUT2D eigenvalue weighted by molar-refractivity contribution is -0.441. The molecule has 2 N–H and O–H groups in total. The van der Waals surface area contributed by atoms with Gasteiger partial charge in [0.1, 0.15) is 0 Å². The maximum absolute atomic E-state index is 14.2. The summed E-state index contributed by atoms with van der Waals surface area (Å²) >= 11 is 0. The van der Waals surface area contributed by atoms with Crippen molar-refractivity contribution in [2.75, 3.05) is 13.2 Å². The molecule has 0 heterocycles. The van der Waals surface area contributed by atoms with Crippen LogP contribution < -0.4 is 0 Å². The van der Waals surface area contributed by atoms with E-state index in [9.17, 15) is 177 Å². The molecule has 2 unspecified atom stereocenters. The number of aliphatic hydroxyl groups is 2. The van der Waals surface area contributed by atoms with Crippen LogP contribution in [0.15, 0.2) is 24.3 Å². The van der Waals surface area contributed by atoms with E-state index in [1.54, 1.807) is 0 Å². The Hall–Kier alpha value is -3.60. The molecule has 2 atom stereocenters. The number of benzene rings is 1. The van der Waals surface area contributed by atoms with Crippen molar-refractivity contribution in [3.63, 3.8) is 0 Å². The molecule has 42 heteroatoms. The number of hydrogen-bond acceptors (Lipinski definition) is 4. The molecule has 0 fully saturated rings. The lowest BCUT2D eigenvalue weighted by Crippen LogP contribution is -2.70. The van der Waals surface area contributed by atoms with Crippen LogP contribution in [0.1, 0.15) is 24.0 Å². The maximum Gasteiger partial charge on any atom is 0.460 e. The Morgan fingerprint density at radius 1 is 0.278 bits per heavy atom. The van der Waals surface area contributed by atoms with Gasteiger partial charge < -0.3 is 19.7 Å². The van der Waals surface area contributed by atoms with Crippen LogP contribution in [0, 0.1) is 0 Å². The number of ether oxygens (including phenoxy) is 2. The third-order valence-electron chi connectivity index (χ3n) is 9.26. The van der Waals surface area contributed by atoms with Gasteiger partial charge in [-0.2, -0.15) is 167 Å². The van der Waals surface area contributed by atoms with Gasteiger partial charge in [-0.15, -0.1) is 0 Å². The van der Waals surface area contributed by atoms with Crippen molar-refractivity contribution in [2.24, 2.45) is 0 Å². The average Bonchev–Trinajstić information content (AvgIpc) is 3.11. The molecule has 426 valence electrons. The van der Waals surface area contributed by atoms with E-state index < -0.39 is 181 Å². The van der Waals surface area contributed by atoms with E-state index in [2.05, 4.69) is 9.47 Å². The lowest BCUT2D eigenvalue weighted by atomic mass is 9.86. The van der Waals surface area contributed by atoms with Crippen LogP contribution in [0.4, 0.5) is 167 Å². The van der Waals surface area contributed by atoms with Gasteiger partial charge in [-0.1, -0.05) is 24.3 Å². The SMILES string of the molecule is OC(COC(c1ccc(C(OCC(O)CC(F)(F)C(F)(F)C(F)(F)C(F)(F)C(F)(F)C(F)(F)F)(C(F)(F)F)C(F)(F)F)cc1)(C(F)(F)F)C(F)(F)F)CC(F)(F)C(F)(F)C(F)(F)C(F)(F)C(F)(F)C(F)(F)F. The van der Waals surface area contributed by atoms with Crippen LogP contribution in [-0.4, -0.2) is 132 Å². The average molecular weight is 1160 g/mol. The smallest absolute Gasteiger partial charge is 0.390 e. The van der Waals surface area contributed by atoms with E-state index in [4.69, 9.17) is 0 Å². The zero-order valence-electron chi connectivity index (χ0n) is 32.4. The zero-order chi connectivity index (χ0) is 58.4. The van der Waals surface area contributed by atoms with Crippen molar-refractivity contribution in [2.45, 2.75) is 133 Å². The Morgan fingerprint density at radius 2 is 0.458 bits per heavy atom. The Balaban J connectivity index is 3.88. The van der Waals surface area contributed by atoms with Crippen molar-refractivity contribution < 1.29 is 187 Å².